The molecule has 52 heavy (non-hydrogen) atoms. The van der Waals surface area contributed by atoms with Crippen molar-refractivity contribution in [2.45, 2.75) is 225 Å². The third-order valence-corrected chi connectivity index (χ3v) is 10.8. The predicted octanol–water partition coefficient (Wildman–Crippen LogP) is 12.2. The Labute approximate surface area is 321 Å². The van der Waals surface area contributed by atoms with Crippen molar-refractivity contribution < 1.29 is 28.4 Å². The Hall–Kier alpha value is -1.02. The van der Waals surface area contributed by atoms with Crippen molar-refractivity contribution >= 4 is 13.7 Å². The summed E-state index contributed by atoms with van der Waals surface area (Å²) in [7, 11) is -4.31. The van der Waals surface area contributed by atoms with E-state index in [9.17, 15) is 19.4 Å². The first-order chi connectivity index (χ1) is 25.4. The van der Waals surface area contributed by atoms with Gasteiger partial charge in [0.2, 0.25) is 5.91 Å². The fraction of sp³-hybridized carbons (Fsp3) is 0.884. The molecular weight excluding hydrogens is 671 g/mol. The monoisotopic (exact) mass is 757 g/mol. The van der Waals surface area contributed by atoms with Crippen LogP contribution in [0.15, 0.2) is 24.3 Å². The van der Waals surface area contributed by atoms with Crippen LogP contribution < -0.4 is 11.1 Å². The van der Waals surface area contributed by atoms with Crippen LogP contribution in [0, 0.1) is 0 Å². The summed E-state index contributed by atoms with van der Waals surface area (Å²) in [4.78, 5) is 22.7. The van der Waals surface area contributed by atoms with Crippen molar-refractivity contribution in [2.24, 2.45) is 5.73 Å². The number of phosphoric ester groups is 1. The molecule has 0 aromatic carbocycles. The van der Waals surface area contributed by atoms with Crippen LogP contribution >= 0.6 is 7.82 Å². The van der Waals surface area contributed by atoms with Gasteiger partial charge in [0, 0.05) is 13.0 Å². The molecule has 0 rings (SSSR count). The zero-order chi connectivity index (χ0) is 38.2. The topological polar surface area (TPSA) is 131 Å². The first-order valence-electron chi connectivity index (χ1n) is 22.0. The van der Waals surface area contributed by atoms with Gasteiger partial charge in [0.1, 0.15) is 0 Å². The summed E-state index contributed by atoms with van der Waals surface area (Å²) in [6.07, 6.45) is 44.8. The van der Waals surface area contributed by atoms with Gasteiger partial charge in [-0.05, 0) is 44.9 Å². The number of aliphatic hydroxyl groups is 1. The third-order valence-electron chi connectivity index (χ3n) is 9.81. The number of nitrogens with two attached hydrogens (primary N) is 1. The molecule has 3 unspecified atom stereocenters. The van der Waals surface area contributed by atoms with E-state index in [0.29, 0.717) is 12.8 Å². The molecule has 0 heterocycles. The standard InChI is InChI=1S/C43H85N2O6P/c1-3-5-7-9-11-13-15-16-17-18-19-20-21-22-23-24-25-26-27-29-31-33-35-37-43(47)45-41(40-51-52(48,49)50-39-38-44)42(46)36-34-32-30-28-14-12-10-8-6-4-2/h15-16,18-19,41-42,46H,3-14,17,20-40,44H2,1-2H3,(H,45,47)(H,48,49)/b16-15-,19-18-. The lowest BCUT2D eigenvalue weighted by molar-refractivity contribution is -0.123. The van der Waals surface area contributed by atoms with Gasteiger partial charge < -0.3 is 21.1 Å². The molecule has 0 saturated carbocycles. The minimum Gasteiger partial charge on any atom is -0.391 e. The number of carbonyl (C=O) groups excluding carboxylic acids is 1. The minimum absolute atomic E-state index is 0.0890. The molecular formula is C43H85N2O6P. The molecule has 8 nitrogen and oxygen atoms in total. The molecule has 0 aliphatic carbocycles. The number of amides is 1. The SMILES string of the molecule is CCCCCCC/C=C\C/C=C\CCCCCCCCCCCCCC(=O)NC(COP(=O)(O)OCCN)C(O)CCCCCCCCCCCC. The van der Waals surface area contributed by atoms with E-state index in [4.69, 9.17) is 14.8 Å². The van der Waals surface area contributed by atoms with Gasteiger partial charge in [0.05, 0.1) is 25.4 Å². The number of phosphoric acid groups is 1. The number of allylic oxidation sites excluding steroid dienone is 4. The second kappa shape index (κ2) is 39.7. The van der Waals surface area contributed by atoms with E-state index in [-0.39, 0.29) is 25.7 Å². The van der Waals surface area contributed by atoms with E-state index in [1.807, 2.05) is 0 Å². The highest BCUT2D eigenvalue weighted by molar-refractivity contribution is 7.47. The highest BCUT2D eigenvalue weighted by atomic mass is 31.2. The molecule has 1 amide bonds. The van der Waals surface area contributed by atoms with E-state index >= 15 is 0 Å². The van der Waals surface area contributed by atoms with Gasteiger partial charge in [-0.2, -0.15) is 0 Å². The molecule has 0 aliphatic heterocycles. The smallest absolute Gasteiger partial charge is 0.391 e. The van der Waals surface area contributed by atoms with Crippen molar-refractivity contribution in [1.29, 1.82) is 0 Å². The van der Waals surface area contributed by atoms with Crippen LogP contribution in [-0.2, 0) is 18.4 Å². The maximum Gasteiger partial charge on any atom is 0.472 e. The molecule has 3 atom stereocenters. The summed E-state index contributed by atoms with van der Waals surface area (Å²) in [5, 5.41) is 13.7. The fourth-order valence-electron chi connectivity index (χ4n) is 6.46. The van der Waals surface area contributed by atoms with E-state index in [2.05, 4.69) is 43.5 Å². The number of hydrogen-bond donors (Lipinski definition) is 4. The number of aliphatic hydroxyl groups excluding tert-OH is 1. The Bertz CT molecular complexity index is 871. The van der Waals surface area contributed by atoms with Gasteiger partial charge >= 0.3 is 7.82 Å². The van der Waals surface area contributed by atoms with Crippen LogP contribution in [0.25, 0.3) is 0 Å². The molecule has 0 aromatic rings. The number of rotatable bonds is 41. The van der Waals surface area contributed by atoms with Crippen molar-refractivity contribution in [3.63, 3.8) is 0 Å². The number of nitrogens with one attached hydrogen (secondary N) is 1. The van der Waals surface area contributed by atoms with E-state index in [0.717, 1.165) is 44.9 Å². The van der Waals surface area contributed by atoms with Crippen molar-refractivity contribution in [3.8, 4) is 0 Å². The summed E-state index contributed by atoms with van der Waals surface area (Å²) in [5.74, 6) is -0.165. The molecule has 0 fully saturated rings. The Morgan fingerprint density at radius 2 is 1.06 bits per heavy atom. The van der Waals surface area contributed by atoms with Gasteiger partial charge in [-0.25, -0.2) is 4.57 Å². The molecule has 0 saturated heterocycles. The highest BCUT2D eigenvalue weighted by Gasteiger charge is 2.27. The Balaban J connectivity index is 4.03. The van der Waals surface area contributed by atoms with Gasteiger partial charge in [0.25, 0.3) is 0 Å². The Morgan fingerprint density at radius 1 is 0.635 bits per heavy atom. The third kappa shape index (κ3) is 37.3. The number of carbonyl (C=O) groups is 1. The first-order valence-corrected chi connectivity index (χ1v) is 23.4. The van der Waals surface area contributed by atoms with Crippen molar-refractivity contribution in [1.82, 2.24) is 5.32 Å². The summed E-state index contributed by atoms with van der Waals surface area (Å²) in [6.45, 7) is 4.18. The Kier molecular flexibility index (Phi) is 38.9. The molecule has 0 radical (unpaired) electrons. The average Bonchev–Trinajstić information content (AvgIpc) is 3.13. The molecule has 0 aromatic heterocycles. The quantitative estimate of drug-likeness (QED) is 0.0277. The van der Waals surface area contributed by atoms with Crippen LogP contribution in [-0.4, -0.2) is 47.8 Å². The molecule has 5 N–H and O–H groups in total. The number of hydrogen-bond acceptors (Lipinski definition) is 6. The fourth-order valence-corrected chi connectivity index (χ4v) is 7.22. The largest absolute Gasteiger partial charge is 0.472 e. The predicted molar refractivity (Wildman–Crippen MR) is 221 cm³/mol. The molecule has 0 spiro atoms. The maximum absolute atomic E-state index is 12.8. The molecule has 308 valence electrons. The van der Waals surface area contributed by atoms with Gasteiger partial charge in [0.15, 0.2) is 0 Å². The number of unbranched alkanes of at least 4 members (excludes halogenated alkanes) is 25. The van der Waals surface area contributed by atoms with Crippen LogP contribution in [0.1, 0.15) is 213 Å². The van der Waals surface area contributed by atoms with Crippen LogP contribution in [0.3, 0.4) is 0 Å². The summed E-state index contributed by atoms with van der Waals surface area (Å²) in [6, 6.07) is -0.772. The van der Waals surface area contributed by atoms with Crippen molar-refractivity contribution in [2.75, 3.05) is 19.8 Å². The lowest BCUT2D eigenvalue weighted by Gasteiger charge is -2.25. The molecule has 0 bridgehead atoms. The lowest BCUT2D eigenvalue weighted by Crippen LogP contribution is -2.46. The summed E-state index contributed by atoms with van der Waals surface area (Å²) < 4.78 is 22.1. The van der Waals surface area contributed by atoms with Crippen LogP contribution in [0.4, 0.5) is 0 Å². The minimum atomic E-state index is -4.31. The lowest BCUT2D eigenvalue weighted by atomic mass is 10.0. The maximum atomic E-state index is 12.8. The summed E-state index contributed by atoms with van der Waals surface area (Å²) in [5.41, 5.74) is 5.37. The average molecular weight is 757 g/mol. The normalized spacial score (nSPS) is 14.3. The summed E-state index contributed by atoms with van der Waals surface area (Å²) >= 11 is 0. The van der Waals surface area contributed by atoms with E-state index in [1.165, 1.54) is 141 Å². The zero-order valence-corrected chi connectivity index (χ0v) is 35.0. The second-order valence-corrected chi connectivity index (χ2v) is 16.4. The van der Waals surface area contributed by atoms with Crippen LogP contribution in [0.2, 0.25) is 0 Å². The van der Waals surface area contributed by atoms with Gasteiger partial charge in [-0.3, -0.25) is 13.8 Å². The molecule has 0 aliphatic rings. The molecule has 9 heteroatoms. The Morgan fingerprint density at radius 3 is 1.52 bits per heavy atom. The highest BCUT2D eigenvalue weighted by Crippen LogP contribution is 2.43. The van der Waals surface area contributed by atoms with E-state index in [1.54, 1.807) is 0 Å². The van der Waals surface area contributed by atoms with E-state index < -0.39 is 20.0 Å². The van der Waals surface area contributed by atoms with Crippen LogP contribution in [0.5, 0.6) is 0 Å². The first kappa shape index (κ1) is 51.0. The zero-order valence-electron chi connectivity index (χ0n) is 34.1. The second-order valence-electron chi connectivity index (χ2n) is 14.9. The van der Waals surface area contributed by atoms with Crippen molar-refractivity contribution in [3.05, 3.63) is 24.3 Å². The van der Waals surface area contributed by atoms with Gasteiger partial charge in [-0.1, -0.05) is 186 Å². The van der Waals surface area contributed by atoms with Gasteiger partial charge in [-0.15, -0.1) is 0 Å².